The van der Waals surface area contributed by atoms with Gasteiger partial charge in [0.2, 0.25) is 5.95 Å². The van der Waals surface area contributed by atoms with E-state index in [1.165, 1.54) is 6.92 Å². The Bertz CT molecular complexity index is 301. The highest BCUT2D eigenvalue weighted by atomic mass is 79.9. The van der Waals surface area contributed by atoms with Crippen LogP contribution in [0.3, 0.4) is 0 Å². The molecule has 0 aliphatic carbocycles. The molecule has 0 amide bonds. The number of hydrogen-bond acceptors (Lipinski definition) is 4. The van der Waals surface area contributed by atoms with Gasteiger partial charge in [0.05, 0.1) is 4.47 Å². The Balaban J connectivity index is 2.64. The number of rotatable bonds is 3. The van der Waals surface area contributed by atoms with Crippen molar-refractivity contribution in [3.8, 4) is 0 Å². The second-order valence-corrected chi connectivity index (χ2v) is 3.34. The average molecular weight is 246 g/mol. The van der Waals surface area contributed by atoms with Crippen LogP contribution in [0.15, 0.2) is 16.9 Å². The third kappa shape index (κ3) is 2.98. The highest BCUT2D eigenvalue weighted by Crippen LogP contribution is 2.07. The van der Waals surface area contributed by atoms with Gasteiger partial charge in [-0.25, -0.2) is 9.97 Å². The number of nitrogens with zero attached hydrogens (tertiary/aromatic N) is 2. The van der Waals surface area contributed by atoms with E-state index in [9.17, 15) is 4.79 Å². The molecule has 1 heterocycles. The van der Waals surface area contributed by atoms with Crippen molar-refractivity contribution in [1.29, 1.82) is 0 Å². The van der Waals surface area contributed by atoms with E-state index in [0.717, 1.165) is 4.47 Å². The number of carboxylic acid groups (broad SMARTS) is 1. The van der Waals surface area contributed by atoms with Crippen LogP contribution in [0.1, 0.15) is 6.92 Å². The first kappa shape index (κ1) is 9.91. The number of carboxylic acids is 1. The minimum Gasteiger partial charge on any atom is -0.480 e. The Labute approximate surface area is 83.3 Å². The van der Waals surface area contributed by atoms with E-state index in [4.69, 9.17) is 5.11 Å². The van der Waals surface area contributed by atoms with Gasteiger partial charge in [-0.2, -0.15) is 0 Å². The molecule has 1 rings (SSSR count). The zero-order chi connectivity index (χ0) is 9.84. The molecule has 1 unspecified atom stereocenters. The van der Waals surface area contributed by atoms with Gasteiger partial charge in [0, 0.05) is 12.4 Å². The summed E-state index contributed by atoms with van der Waals surface area (Å²) < 4.78 is 0.751. The molecular weight excluding hydrogens is 238 g/mol. The van der Waals surface area contributed by atoms with E-state index in [-0.39, 0.29) is 0 Å². The minimum absolute atomic E-state index is 0.304. The van der Waals surface area contributed by atoms with Crippen LogP contribution in [0.5, 0.6) is 0 Å². The van der Waals surface area contributed by atoms with Crippen LogP contribution in [0.2, 0.25) is 0 Å². The highest BCUT2D eigenvalue weighted by molar-refractivity contribution is 9.10. The lowest BCUT2D eigenvalue weighted by Gasteiger charge is -2.07. The fraction of sp³-hybridized carbons (Fsp3) is 0.286. The summed E-state index contributed by atoms with van der Waals surface area (Å²) in [6, 6.07) is -0.693. The molecule has 0 radical (unpaired) electrons. The number of aromatic nitrogens is 2. The van der Waals surface area contributed by atoms with Crippen LogP contribution in [-0.2, 0) is 4.79 Å². The smallest absolute Gasteiger partial charge is 0.325 e. The van der Waals surface area contributed by atoms with Crippen LogP contribution in [0.25, 0.3) is 0 Å². The van der Waals surface area contributed by atoms with Crippen molar-refractivity contribution in [1.82, 2.24) is 9.97 Å². The van der Waals surface area contributed by atoms with E-state index < -0.39 is 12.0 Å². The van der Waals surface area contributed by atoms with Gasteiger partial charge in [-0.3, -0.25) is 4.79 Å². The summed E-state index contributed by atoms with van der Waals surface area (Å²) in [4.78, 5) is 18.2. The van der Waals surface area contributed by atoms with Gasteiger partial charge in [0.25, 0.3) is 0 Å². The van der Waals surface area contributed by atoms with Gasteiger partial charge < -0.3 is 10.4 Å². The molecule has 0 spiro atoms. The Morgan fingerprint density at radius 2 is 2.15 bits per heavy atom. The summed E-state index contributed by atoms with van der Waals surface area (Å²) in [5, 5.41) is 11.2. The molecule has 1 atom stereocenters. The molecular formula is C7H8BrN3O2. The number of aliphatic carboxylic acids is 1. The Kier molecular flexibility index (Phi) is 3.18. The fourth-order valence-corrected chi connectivity index (χ4v) is 0.847. The Morgan fingerprint density at radius 1 is 1.62 bits per heavy atom. The van der Waals surface area contributed by atoms with E-state index >= 15 is 0 Å². The van der Waals surface area contributed by atoms with Crippen molar-refractivity contribution in [3.05, 3.63) is 16.9 Å². The zero-order valence-corrected chi connectivity index (χ0v) is 8.45. The maximum absolute atomic E-state index is 10.4. The third-order valence-corrected chi connectivity index (χ3v) is 1.75. The van der Waals surface area contributed by atoms with Gasteiger partial charge in [-0.15, -0.1) is 0 Å². The molecule has 1 aromatic rings. The Hall–Kier alpha value is -1.17. The van der Waals surface area contributed by atoms with Crippen molar-refractivity contribution < 1.29 is 9.90 Å². The number of anilines is 1. The van der Waals surface area contributed by atoms with Gasteiger partial charge in [-0.1, -0.05) is 0 Å². The molecule has 70 valence electrons. The molecule has 1 aromatic heterocycles. The number of nitrogens with one attached hydrogen (secondary N) is 1. The van der Waals surface area contributed by atoms with Gasteiger partial charge >= 0.3 is 5.97 Å². The second-order valence-electron chi connectivity index (χ2n) is 2.43. The van der Waals surface area contributed by atoms with Gasteiger partial charge in [0.1, 0.15) is 6.04 Å². The lowest BCUT2D eigenvalue weighted by molar-refractivity contribution is -0.137. The van der Waals surface area contributed by atoms with E-state index in [1.54, 1.807) is 12.4 Å². The average Bonchev–Trinajstić information content (AvgIpc) is 2.08. The van der Waals surface area contributed by atoms with Crippen molar-refractivity contribution >= 4 is 27.8 Å². The third-order valence-electron chi connectivity index (χ3n) is 1.34. The SMILES string of the molecule is CC(Nc1ncc(Br)cn1)C(=O)O. The maximum atomic E-state index is 10.4. The monoisotopic (exact) mass is 245 g/mol. The normalized spacial score (nSPS) is 12.2. The molecule has 0 aromatic carbocycles. The summed E-state index contributed by atoms with van der Waals surface area (Å²) in [5.74, 6) is -0.635. The summed E-state index contributed by atoms with van der Waals surface area (Å²) in [5.41, 5.74) is 0. The van der Waals surface area contributed by atoms with E-state index in [2.05, 4.69) is 31.2 Å². The number of halogens is 1. The molecule has 0 saturated carbocycles. The molecule has 13 heavy (non-hydrogen) atoms. The molecule has 5 nitrogen and oxygen atoms in total. The largest absolute Gasteiger partial charge is 0.480 e. The topological polar surface area (TPSA) is 75.1 Å². The lowest BCUT2D eigenvalue weighted by Crippen LogP contribution is -2.26. The summed E-state index contributed by atoms with van der Waals surface area (Å²) in [7, 11) is 0. The Morgan fingerprint density at radius 3 is 2.62 bits per heavy atom. The van der Waals surface area contributed by atoms with E-state index in [0.29, 0.717) is 5.95 Å². The zero-order valence-electron chi connectivity index (χ0n) is 6.86. The predicted octanol–water partition coefficient (Wildman–Crippen LogP) is 1.12. The lowest BCUT2D eigenvalue weighted by atomic mass is 10.3. The summed E-state index contributed by atoms with van der Waals surface area (Å²) in [6.07, 6.45) is 3.09. The minimum atomic E-state index is -0.938. The molecule has 6 heteroatoms. The quantitative estimate of drug-likeness (QED) is 0.835. The molecule has 0 bridgehead atoms. The van der Waals surface area contributed by atoms with E-state index in [1.807, 2.05) is 0 Å². The number of carbonyl (C=O) groups is 1. The first-order valence-corrected chi connectivity index (χ1v) is 4.36. The predicted molar refractivity (Wildman–Crippen MR) is 50.5 cm³/mol. The standard InChI is InChI=1S/C7H8BrN3O2/c1-4(6(12)13)11-7-9-2-5(8)3-10-7/h2-4H,1H3,(H,12,13)(H,9,10,11). The maximum Gasteiger partial charge on any atom is 0.325 e. The molecule has 2 N–H and O–H groups in total. The van der Waals surface area contributed by atoms with Crippen LogP contribution in [-0.4, -0.2) is 27.1 Å². The number of hydrogen-bond donors (Lipinski definition) is 2. The fourth-order valence-electron chi connectivity index (χ4n) is 0.642. The van der Waals surface area contributed by atoms with Crippen molar-refractivity contribution in [2.24, 2.45) is 0 Å². The van der Waals surface area contributed by atoms with Crippen molar-refractivity contribution in [2.45, 2.75) is 13.0 Å². The van der Waals surface area contributed by atoms with Crippen LogP contribution in [0.4, 0.5) is 5.95 Å². The first-order chi connectivity index (χ1) is 6.09. The first-order valence-electron chi connectivity index (χ1n) is 3.56. The van der Waals surface area contributed by atoms with Crippen molar-refractivity contribution in [3.63, 3.8) is 0 Å². The van der Waals surface area contributed by atoms with Crippen LogP contribution in [0, 0.1) is 0 Å². The molecule has 0 saturated heterocycles. The molecule has 0 fully saturated rings. The van der Waals surface area contributed by atoms with Crippen molar-refractivity contribution in [2.75, 3.05) is 5.32 Å². The second kappa shape index (κ2) is 4.18. The van der Waals surface area contributed by atoms with Gasteiger partial charge in [0.15, 0.2) is 0 Å². The summed E-state index contributed by atoms with van der Waals surface area (Å²) >= 11 is 3.17. The molecule has 0 aliphatic heterocycles. The van der Waals surface area contributed by atoms with Crippen LogP contribution < -0.4 is 5.32 Å². The molecule has 0 aliphatic rings. The van der Waals surface area contributed by atoms with Crippen LogP contribution >= 0.6 is 15.9 Å². The van der Waals surface area contributed by atoms with Gasteiger partial charge in [-0.05, 0) is 22.9 Å². The highest BCUT2D eigenvalue weighted by Gasteiger charge is 2.10. The summed E-state index contributed by atoms with van der Waals surface area (Å²) in [6.45, 7) is 1.52.